The summed E-state index contributed by atoms with van der Waals surface area (Å²) in [7, 11) is 0. The molecule has 0 aliphatic carbocycles. The van der Waals surface area contributed by atoms with Gasteiger partial charge in [0.05, 0.1) is 6.33 Å². The van der Waals surface area contributed by atoms with Gasteiger partial charge in [-0.05, 0) is 61.1 Å². The van der Waals surface area contributed by atoms with Gasteiger partial charge >= 0.3 is 0 Å². The first kappa shape index (κ1) is 20.0. The number of hydrogen-bond donors (Lipinski definition) is 2. The molecule has 0 bridgehead atoms. The average Bonchev–Trinajstić information content (AvgIpc) is 3.52. The van der Waals surface area contributed by atoms with Crippen molar-refractivity contribution >= 4 is 5.91 Å². The third-order valence-electron chi connectivity index (χ3n) is 6.78. The van der Waals surface area contributed by atoms with Crippen LogP contribution in [0.1, 0.15) is 40.2 Å². The molecule has 2 saturated heterocycles. The summed E-state index contributed by atoms with van der Waals surface area (Å²) >= 11 is 0. The molecule has 2 fully saturated rings. The van der Waals surface area contributed by atoms with E-state index in [4.69, 9.17) is 0 Å². The van der Waals surface area contributed by atoms with Crippen molar-refractivity contribution in [3.63, 3.8) is 0 Å². The number of hydrazine groups is 1. The van der Waals surface area contributed by atoms with E-state index in [0.29, 0.717) is 17.9 Å². The lowest BCUT2D eigenvalue weighted by atomic mass is 9.80. The van der Waals surface area contributed by atoms with Crippen molar-refractivity contribution in [3.8, 4) is 5.69 Å². The number of benzene rings is 2. The number of piperidine rings is 1. The molecule has 6 heteroatoms. The minimum absolute atomic E-state index is 0.125. The molecule has 3 unspecified atom stereocenters. The second kappa shape index (κ2) is 8.65. The van der Waals surface area contributed by atoms with E-state index in [-0.39, 0.29) is 5.91 Å². The first-order chi connectivity index (χ1) is 15.2. The highest BCUT2D eigenvalue weighted by Gasteiger charge is 2.38. The number of carbonyl (C=O) groups excluding carboxylic acids is 1. The van der Waals surface area contributed by atoms with Gasteiger partial charge in [-0.1, -0.05) is 24.3 Å². The lowest BCUT2D eigenvalue weighted by Crippen LogP contribution is -2.48. The Morgan fingerprint density at radius 1 is 1.13 bits per heavy atom. The molecule has 5 rings (SSSR count). The smallest absolute Gasteiger partial charge is 0.253 e. The topological polar surface area (TPSA) is 62.2 Å². The lowest BCUT2D eigenvalue weighted by molar-refractivity contribution is 0.0644. The van der Waals surface area contributed by atoms with E-state index in [2.05, 4.69) is 47.0 Å². The van der Waals surface area contributed by atoms with Crippen LogP contribution in [-0.4, -0.2) is 46.0 Å². The summed E-state index contributed by atoms with van der Waals surface area (Å²) in [6.45, 7) is 4.74. The summed E-state index contributed by atoms with van der Waals surface area (Å²) in [4.78, 5) is 19.4. The molecule has 0 saturated carbocycles. The summed E-state index contributed by atoms with van der Waals surface area (Å²) in [6, 6.07) is 16.8. The standard InChI is InChI=1S/C25H29N5O/c1-18-5-2-3-7-22(18)23-15-27-28-24(23)20-6-4-13-29(16-20)25(31)19-8-10-21(11-9-19)30-14-12-26-17-30/h2-3,5,7-12,14,17,20,23-24,27-28H,4,6,13,15-16H2,1H3. The monoisotopic (exact) mass is 415 g/mol. The molecule has 0 radical (unpaired) electrons. The molecule has 2 aliphatic rings. The first-order valence-electron chi connectivity index (χ1n) is 11.1. The first-order valence-corrected chi connectivity index (χ1v) is 11.1. The molecule has 0 spiro atoms. The molecule has 31 heavy (non-hydrogen) atoms. The van der Waals surface area contributed by atoms with E-state index < -0.39 is 0 Å². The minimum Gasteiger partial charge on any atom is -0.338 e. The number of nitrogens with zero attached hydrogens (tertiary/aromatic N) is 3. The largest absolute Gasteiger partial charge is 0.338 e. The molecular formula is C25H29N5O. The third kappa shape index (κ3) is 4.01. The Bertz CT molecular complexity index is 1030. The number of amides is 1. The van der Waals surface area contributed by atoms with Crippen LogP contribution in [0.25, 0.3) is 5.69 Å². The van der Waals surface area contributed by atoms with E-state index in [0.717, 1.165) is 43.7 Å². The molecular weight excluding hydrogens is 386 g/mol. The van der Waals surface area contributed by atoms with Gasteiger partial charge in [-0.25, -0.2) is 4.98 Å². The summed E-state index contributed by atoms with van der Waals surface area (Å²) in [5.74, 6) is 0.985. The maximum absolute atomic E-state index is 13.2. The van der Waals surface area contributed by atoms with Crippen LogP contribution in [0.5, 0.6) is 0 Å². The van der Waals surface area contributed by atoms with E-state index in [1.807, 2.05) is 39.9 Å². The molecule has 2 aromatic carbocycles. The SMILES string of the molecule is Cc1ccccc1C1CNNC1C1CCCN(C(=O)c2ccc(-n3ccnc3)cc2)C1. The Kier molecular flexibility index (Phi) is 5.57. The van der Waals surface area contributed by atoms with Crippen molar-refractivity contribution in [1.82, 2.24) is 25.3 Å². The number of likely N-dealkylation sites (tertiary alicyclic amines) is 1. The number of nitrogens with one attached hydrogen (secondary N) is 2. The van der Waals surface area contributed by atoms with Crippen molar-refractivity contribution in [3.05, 3.63) is 83.9 Å². The Balaban J connectivity index is 1.30. The maximum atomic E-state index is 13.2. The zero-order chi connectivity index (χ0) is 21.2. The van der Waals surface area contributed by atoms with Crippen LogP contribution in [0.4, 0.5) is 0 Å². The number of carbonyl (C=O) groups is 1. The average molecular weight is 416 g/mol. The predicted molar refractivity (Wildman–Crippen MR) is 121 cm³/mol. The molecule has 3 atom stereocenters. The highest BCUT2D eigenvalue weighted by molar-refractivity contribution is 5.94. The lowest BCUT2D eigenvalue weighted by Gasteiger charge is -2.37. The number of aromatic nitrogens is 2. The molecule has 160 valence electrons. The zero-order valence-corrected chi connectivity index (χ0v) is 17.9. The van der Waals surface area contributed by atoms with Crippen molar-refractivity contribution < 1.29 is 4.79 Å². The predicted octanol–water partition coefficient (Wildman–Crippen LogP) is 3.29. The van der Waals surface area contributed by atoms with Gasteiger partial charge in [0.2, 0.25) is 0 Å². The van der Waals surface area contributed by atoms with Crippen LogP contribution in [-0.2, 0) is 0 Å². The molecule has 2 aliphatic heterocycles. The Morgan fingerprint density at radius 2 is 1.97 bits per heavy atom. The van der Waals surface area contributed by atoms with Crippen molar-refractivity contribution in [2.75, 3.05) is 19.6 Å². The van der Waals surface area contributed by atoms with Gasteiger partial charge in [-0.15, -0.1) is 0 Å². The van der Waals surface area contributed by atoms with E-state index in [9.17, 15) is 4.79 Å². The van der Waals surface area contributed by atoms with Gasteiger partial charge < -0.3 is 9.47 Å². The molecule has 2 N–H and O–H groups in total. The fourth-order valence-electron chi connectivity index (χ4n) is 5.13. The minimum atomic E-state index is 0.125. The molecule has 1 aromatic heterocycles. The highest BCUT2D eigenvalue weighted by atomic mass is 16.2. The molecule has 3 heterocycles. The van der Waals surface area contributed by atoms with Crippen LogP contribution in [0.2, 0.25) is 0 Å². The molecule has 6 nitrogen and oxygen atoms in total. The second-order valence-corrected chi connectivity index (χ2v) is 8.68. The normalized spacial score (nSPS) is 23.8. The maximum Gasteiger partial charge on any atom is 0.253 e. The van der Waals surface area contributed by atoms with Crippen LogP contribution >= 0.6 is 0 Å². The highest BCUT2D eigenvalue weighted by Crippen LogP contribution is 2.33. The Labute approximate surface area is 183 Å². The fraction of sp³-hybridized carbons (Fsp3) is 0.360. The number of imidazole rings is 1. The van der Waals surface area contributed by atoms with Gasteiger partial charge in [0.25, 0.3) is 5.91 Å². The van der Waals surface area contributed by atoms with E-state index in [1.165, 1.54) is 11.1 Å². The molecule has 3 aromatic rings. The van der Waals surface area contributed by atoms with Gasteiger partial charge in [0.15, 0.2) is 0 Å². The summed E-state index contributed by atoms with van der Waals surface area (Å²) < 4.78 is 1.94. The quantitative estimate of drug-likeness (QED) is 0.686. The summed E-state index contributed by atoms with van der Waals surface area (Å²) in [6.07, 6.45) is 7.61. The van der Waals surface area contributed by atoms with E-state index in [1.54, 1.807) is 12.5 Å². The summed E-state index contributed by atoms with van der Waals surface area (Å²) in [5, 5.41) is 0. The van der Waals surface area contributed by atoms with Crippen LogP contribution in [0.15, 0.2) is 67.3 Å². The van der Waals surface area contributed by atoms with Crippen LogP contribution in [0.3, 0.4) is 0 Å². The van der Waals surface area contributed by atoms with E-state index >= 15 is 0 Å². The van der Waals surface area contributed by atoms with Gasteiger partial charge in [0.1, 0.15) is 0 Å². The zero-order valence-electron chi connectivity index (χ0n) is 17.9. The Morgan fingerprint density at radius 3 is 2.74 bits per heavy atom. The van der Waals surface area contributed by atoms with Gasteiger partial charge in [-0.2, -0.15) is 0 Å². The van der Waals surface area contributed by atoms with Crippen molar-refractivity contribution in [2.45, 2.75) is 31.7 Å². The van der Waals surface area contributed by atoms with Gasteiger partial charge in [0, 0.05) is 55.2 Å². The number of rotatable bonds is 4. The number of aryl methyl sites for hydroxylation is 1. The van der Waals surface area contributed by atoms with Gasteiger partial charge in [-0.3, -0.25) is 15.6 Å². The van der Waals surface area contributed by atoms with Crippen molar-refractivity contribution in [1.29, 1.82) is 0 Å². The second-order valence-electron chi connectivity index (χ2n) is 8.68. The third-order valence-corrected chi connectivity index (χ3v) is 6.78. The van der Waals surface area contributed by atoms with Crippen LogP contribution in [0, 0.1) is 12.8 Å². The number of hydrogen-bond acceptors (Lipinski definition) is 4. The van der Waals surface area contributed by atoms with Crippen molar-refractivity contribution in [2.24, 2.45) is 5.92 Å². The summed E-state index contributed by atoms with van der Waals surface area (Å²) in [5.41, 5.74) is 11.4. The molecule has 1 amide bonds. The Hall–Kier alpha value is -2.96. The van der Waals surface area contributed by atoms with Crippen LogP contribution < -0.4 is 10.9 Å². The fourth-order valence-corrected chi connectivity index (χ4v) is 5.13.